The molecule has 3 fully saturated rings. The monoisotopic (exact) mass is 933 g/mol. The molecule has 1 aliphatic carbocycles. The lowest BCUT2D eigenvalue weighted by Crippen LogP contribution is -2.81. The number of nitrogens with one attached hydrogen (secondary N) is 3. The predicted molar refractivity (Wildman–Crippen MR) is 256 cm³/mol. The summed E-state index contributed by atoms with van der Waals surface area (Å²) < 4.78 is 17.8. The van der Waals surface area contributed by atoms with Gasteiger partial charge in [0.1, 0.15) is 30.4 Å². The van der Waals surface area contributed by atoms with E-state index < -0.39 is 64.0 Å². The van der Waals surface area contributed by atoms with Gasteiger partial charge < -0.3 is 50.0 Å². The summed E-state index contributed by atoms with van der Waals surface area (Å²) in [5.74, 6) is -1.15. The van der Waals surface area contributed by atoms with Crippen molar-refractivity contribution in [1.82, 2.24) is 20.5 Å². The van der Waals surface area contributed by atoms with Crippen LogP contribution >= 0.6 is 21.6 Å². The number of hydrogen-bond acceptors (Lipinski definition) is 14. The number of H-pyrrole nitrogens is 1. The third-order valence-corrected chi connectivity index (χ3v) is 17.6. The topological polar surface area (TPSA) is 186 Å². The summed E-state index contributed by atoms with van der Waals surface area (Å²) in [5.41, 5.74) is -2.24. The maximum atomic E-state index is 15.5. The van der Waals surface area contributed by atoms with Crippen molar-refractivity contribution in [2.75, 3.05) is 77.5 Å². The number of ether oxygens (including phenoxy) is 3. The minimum atomic E-state index is -2.43. The molecule has 14 nitrogen and oxygen atoms in total. The first-order chi connectivity index (χ1) is 31.2. The van der Waals surface area contributed by atoms with Crippen LogP contribution in [0.15, 0.2) is 48.6 Å². The second kappa shape index (κ2) is 18.4. The van der Waals surface area contributed by atoms with Crippen LogP contribution in [0.1, 0.15) is 81.7 Å². The van der Waals surface area contributed by atoms with Crippen molar-refractivity contribution in [2.45, 2.75) is 106 Å². The normalized spacial score (nSPS) is 31.2. The highest BCUT2D eigenvalue weighted by atomic mass is 33.1. The van der Waals surface area contributed by atoms with E-state index >= 15 is 4.79 Å². The molecule has 0 bridgehead atoms. The summed E-state index contributed by atoms with van der Waals surface area (Å²) in [6, 6.07) is 10.7. The van der Waals surface area contributed by atoms with Gasteiger partial charge >= 0.3 is 11.9 Å². The molecule has 65 heavy (non-hydrogen) atoms. The molecule has 6 N–H and O–H groups in total. The lowest BCUT2D eigenvalue weighted by molar-refractivity contribution is -0.203. The van der Waals surface area contributed by atoms with E-state index in [2.05, 4.69) is 39.6 Å². The van der Waals surface area contributed by atoms with E-state index in [1.807, 2.05) is 68.5 Å². The summed E-state index contributed by atoms with van der Waals surface area (Å²) in [6.07, 6.45) is 8.08. The van der Waals surface area contributed by atoms with Crippen LogP contribution in [0.2, 0.25) is 0 Å². The number of carbonyl (C=O) groups excluding carboxylic acids is 3. The number of rotatable bonds is 17. The molecule has 0 unspecified atom stereocenters. The van der Waals surface area contributed by atoms with Crippen LogP contribution in [0.5, 0.6) is 5.75 Å². The summed E-state index contributed by atoms with van der Waals surface area (Å²) in [6.45, 7) is 8.04. The Hall–Kier alpha value is -3.77. The van der Waals surface area contributed by atoms with Crippen molar-refractivity contribution < 1.29 is 43.9 Å². The van der Waals surface area contributed by atoms with Gasteiger partial charge in [0.25, 0.3) is 5.91 Å². The first-order valence-corrected chi connectivity index (χ1v) is 25.9. The Balaban J connectivity index is 1.37. The zero-order valence-electron chi connectivity index (χ0n) is 38.8. The molecular weight excluding hydrogens is 867 g/mol. The number of hydrogen-bond donors (Lipinski definition) is 6. The number of amides is 1. The van der Waals surface area contributed by atoms with E-state index in [0.717, 1.165) is 28.5 Å². The lowest BCUT2D eigenvalue weighted by atomic mass is 9.47. The Morgan fingerprint density at radius 1 is 1.08 bits per heavy atom. The average Bonchev–Trinajstić information content (AvgIpc) is 3.97. The fourth-order valence-electron chi connectivity index (χ4n) is 13.2. The number of benzene rings is 2. The molecule has 16 heteroatoms. The number of nitrogens with zero attached hydrogens (tertiary/aromatic N) is 2. The Labute approximate surface area is 390 Å². The van der Waals surface area contributed by atoms with Gasteiger partial charge in [-0.1, -0.05) is 79.1 Å². The number of aliphatic hydroxyl groups excluding tert-OH is 1. The molecule has 2 saturated heterocycles. The highest BCUT2D eigenvalue weighted by Gasteiger charge is 2.78. The molecule has 354 valence electrons. The van der Waals surface area contributed by atoms with Crippen LogP contribution in [-0.2, 0) is 41.1 Å². The van der Waals surface area contributed by atoms with Gasteiger partial charge in [-0.15, -0.1) is 0 Å². The molecule has 1 spiro atoms. The summed E-state index contributed by atoms with van der Waals surface area (Å²) in [5, 5.41) is 45.1. The van der Waals surface area contributed by atoms with E-state index in [1.165, 1.54) is 7.11 Å². The number of carbonyl (C=O) groups is 3. The molecule has 1 saturated carbocycles. The van der Waals surface area contributed by atoms with E-state index in [-0.39, 0.29) is 25.0 Å². The number of aryl methyl sites for hydroxylation is 1. The van der Waals surface area contributed by atoms with Crippen molar-refractivity contribution in [1.29, 1.82) is 0 Å². The van der Waals surface area contributed by atoms with Crippen molar-refractivity contribution in [3.63, 3.8) is 0 Å². The number of aromatic amines is 1. The van der Waals surface area contributed by atoms with Gasteiger partial charge in [-0.2, -0.15) is 0 Å². The number of esters is 2. The van der Waals surface area contributed by atoms with Crippen LogP contribution in [0.3, 0.4) is 0 Å². The van der Waals surface area contributed by atoms with Gasteiger partial charge in [-0.25, -0.2) is 0 Å². The number of aliphatic hydroxyl groups is 3. The molecule has 2 aromatic carbocycles. The molecule has 3 aromatic rings. The minimum Gasteiger partial charge on any atom is -0.496 e. The molecule has 9 atom stereocenters. The lowest BCUT2D eigenvalue weighted by Gasteiger charge is -2.63. The molecule has 5 heterocycles. The number of piperidine rings is 1. The highest BCUT2D eigenvalue weighted by molar-refractivity contribution is 8.76. The van der Waals surface area contributed by atoms with E-state index in [0.29, 0.717) is 86.7 Å². The number of likely N-dealkylation sites (N-methyl/N-ethyl adjacent to an activating group) is 1. The number of β-amino-alcohol motifs (C(OH)–C–C–N with tert-alkyl or cyclic N) is 1. The van der Waals surface area contributed by atoms with Crippen LogP contribution in [0.25, 0.3) is 10.9 Å². The summed E-state index contributed by atoms with van der Waals surface area (Å²) in [4.78, 5) is 51.3. The third-order valence-electron chi connectivity index (χ3n) is 15.8. The van der Waals surface area contributed by atoms with Gasteiger partial charge in [-0.05, 0) is 87.0 Å². The van der Waals surface area contributed by atoms with Crippen molar-refractivity contribution >= 4 is 56.0 Å². The summed E-state index contributed by atoms with van der Waals surface area (Å²) >= 11 is 0. The Morgan fingerprint density at radius 3 is 2.57 bits per heavy atom. The largest absolute Gasteiger partial charge is 0.496 e. The van der Waals surface area contributed by atoms with Crippen LogP contribution in [-0.4, -0.2) is 145 Å². The molecule has 5 aliphatic rings. The van der Waals surface area contributed by atoms with Gasteiger partial charge in [0.15, 0.2) is 5.60 Å². The zero-order chi connectivity index (χ0) is 46.5. The molecule has 1 aromatic heterocycles. The first-order valence-electron chi connectivity index (χ1n) is 23.2. The van der Waals surface area contributed by atoms with Gasteiger partial charge in [0.05, 0.1) is 25.9 Å². The number of aromatic nitrogens is 1. The fourth-order valence-corrected chi connectivity index (χ4v) is 14.2. The quantitative estimate of drug-likeness (QED) is 0.0478. The van der Waals surface area contributed by atoms with Crippen LogP contribution in [0.4, 0.5) is 5.69 Å². The van der Waals surface area contributed by atoms with Gasteiger partial charge in [-0.3, -0.25) is 19.3 Å². The zero-order valence-corrected chi connectivity index (χ0v) is 40.5. The van der Waals surface area contributed by atoms with Gasteiger partial charge in [0, 0.05) is 76.7 Å². The van der Waals surface area contributed by atoms with E-state index in [1.54, 1.807) is 28.7 Å². The number of methoxy groups -OCH3 is 2. The smallest absolute Gasteiger partial charge is 0.325 e. The minimum absolute atomic E-state index is 0.171. The standard InChI is InChI=1S/C49H67N5O9S2/c1-8-14-32-31-15-11-12-16-35(31)52-39(32)48(44(58)62-6,26-30-25-45(59,9-2)29-50-27-30)34-23-33-36(24-37(34)61-5)53(4)41-47(33)18-20-54-19-13-17-46(10-3,40(47)54)42(56)49(41,60)43(57)51-28-38(55)63-21-22-65-64-7/h11-13,15-17,23-24,30,40-42,50,52,56,59-60H,8-10,14,18-22,25-29H2,1-7H3,(H,51,57)/t30-,40+,41-,42-,45+,46-,47-,48+,49+/m1/s1. The maximum absolute atomic E-state index is 15.5. The number of para-hydroxylation sites is 1. The molecule has 0 radical (unpaired) electrons. The second-order valence-electron chi connectivity index (χ2n) is 18.9. The average molecular weight is 934 g/mol. The van der Waals surface area contributed by atoms with Crippen LogP contribution in [0, 0.1) is 11.3 Å². The summed E-state index contributed by atoms with van der Waals surface area (Å²) in [7, 11) is 7.96. The first kappa shape index (κ1) is 47.7. The number of anilines is 1. The SMILES string of the molecule is CCCc1c([C@@](C[C@@H]2CNC[C@](O)(CC)C2)(C(=O)OC)c2cc3c(cc2OC)N(C)[C@H]2[C@@](O)(C(=O)NCC(=O)OCCSSC)[C@H](O)[C@]4(CC)C=CCN5CC[C@]32[C@@H]54)[nH]c2ccccc12. The van der Waals surface area contributed by atoms with Crippen molar-refractivity contribution in [3.05, 3.63) is 70.9 Å². The predicted octanol–water partition coefficient (Wildman–Crippen LogP) is 4.60. The molecule has 8 rings (SSSR count). The Morgan fingerprint density at radius 2 is 1.86 bits per heavy atom. The Bertz CT molecular complexity index is 2330. The van der Waals surface area contributed by atoms with Crippen molar-refractivity contribution in [3.8, 4) is 5.75 Å². The highest BCUT2D eigenvalue weighted by Crippen LogP contribution is 2.67. The maximum Gasteiger partial charge on any atom is 0.325 e. The van der Waals surface area contributed by atoms with Crippen LogP contribution < -0.4 is 20.3 Å². The molecule has 4 aliphatic heterocycles. The van der Waals surface area contributed by atoms with Gasteiger partial charge in [0.2, 0.25) is 0 Å². The molecular formula is C49H67N5O9S2. The number of fused-ring (bicyclic) bond motifs is 2. The fraction of sp³-hybridized carbons (Fsp3) is 0.612. The second-order valence-corrected chi connectivity index (χ2v) is 21.6. The third kappa shape index (κ3) is 7.30. The van der Waals surface area contributed by atoms with Crippen molar-refractivity contribution in [2.24, 2.45) is 11.3 Å². The Kier molecular flexibility index (Phi) is 13.5. The van der Waals surface area contributed by atoms with E-state index in [4.69, 9.17) is 14.2 Å². The van der Waals surface area contributed by atoms with E-state index in [9.17, 15) is 24.9 Å². The molecule has 1 amide bonds.